The lowest BCUT2D eigenvalue weighted by atomic mass is 10.1. The summed E-state index contributed by atoms with van der Waals surface area (Å²) in [5, 5.41) is 9.38. The molecule has 4 nitrogen and oxygen atoms in total. The maximum atomic E-state index is 12.0. The van der Waals surface area contributed by atoms with Gasteiger partial charge < -0.3 is 5.11 Å². The van der Waals surface area contributed by atoms with E-state index in [1.54, 1.807) is 12.1 Å². The Bertz CT molecular complexity index is 541. The Hall–Kier alpha value is -1.28. The van der Waals surface area contributed by atoms with Crippen molar-refractivity contribution in [1.82, 2.24) is 0 Å². The van der Waals surface area contributed by atoms with Crippen molar-refractivity contribution >= 4 is 15.7 Å². The number of halogens is 3. The molecule has 20 heavy (non-hydrogen) atoms. The van der Waals surface area contributed by atoms with Gasteiger partial charge in [0.05, 0.1) is 11.9 Å². The summed E-state index contributed by atoms with van der Waals surface area (Å²) in [6, 6.07) is 6.07. The van der Waals surface area contributed by atoms with Crippen LogP contribution in [0.5, 0.6) is 0 Å². The van der Waals surface area contributed by atoms with Crippen LogP contribution < -0.4 is 4.72 Å². The molecule has 0 saturated heterocycles. The van der Waals surface area contributed by atoms with Crippen LogP contribution >= 0.6 is 0 Å². The van der Waals surface area contributed by atoms with Crippen molar-refractivity contribution in [3.63, 3.8) is 0 Å². The smallest absolute Gasteiger partial charge is 0.389 e. The quantitative estimate of drug-likeness (QED) is 0.849. The van der Waals surface area contributed by atoms with Gasteiger partial charge in [0.25, 0.3) is 0 Å². The number of aliphatic hydroxyl groups is 1. The molecule has 2 N–H and O–H groups in total. The summed E-state index contributed by atoms with van der Waals surface area (Å²) < 4.78 is 61.3. The molecule has 0 heterocycles. The van der Waals surface area contributed by atoms with E-state index >= 15 is 0 Å². The highest BCUT2D eigenvalue weighted by atomic mass is 32.2. The normalized spacial score (nSPS) is 14.1. The number of hydrogen-bond acceptors (Lipinski definition) is 3. The summed E-state index contributed by atoms with van der Waals surface area (Å²) in [5.41, 5.74) is 0.732. The van der Waals surface area contributed by atoms with Gasteiger partial charge >= 0.3 is 6.18 Å². The summed E-state index contributed by atoms with van der Waals surface area (Å²) >= 11 is 0. The molecule has 0 aliphatic rings. The molecule has 0 aromatic heterocycles. The molecule has 8 heteroatoms. The summed E-state index contributed by atoms with van der Waals surface area (Å²) in [6.07, 6.45) is -6.75. The van der Waals surface area contributed by atoms with Crippen molar-refractivity contribution < 1.29 is 26.7 Å². The predicted molar refractivity (Wildman–Crippen MR) is 69.8 cm³/mol. The first-order valence-corrected chi connectivity index (χ1v) is 7.59. The van der Waals surface area contributed by atoms with Crippen molar-refractivity contribution in [2.45, 2.75) is 32.0 Å². The highest BCUT2D eigenvalue weighted by Gasteiger charge is 2.27. The molecule has 1 unspecified atom stereocenters. The molecule has 1 aromatic rings. The molecule has 0 fully saturated rings. The van der Waals surface area contributed by atoms with Crippen molar-refractivity contribution in [2.24, 2.45) is 0 Å². The lowest BCUT2D eigenvalue weighted by Gasteiger charge is -2.11. The second kappa shape index (κ2) is 6.45. The average Bonchev–Trinajstić information content (AvgIpc) is 2.26. The van der Waals surface area contributed by atoms with Gasteiger partial charge in [0, 0.05) is 12.1 Å². The van der Waals surface area contributed by atoms with Gasteiger partial charge in [0.1, 0.15) is 0 Å². The van der Waals surface area contributed by atoms with Gasteiger partial charge in [-0.1, -0.05) is 12.1 Å². The van der Waals surface area contributed by atoms with Crippen LogP contribution in [0.1, 0.15) is 31.4 Å². The average molecular weight is 311 g/mol. The third kappa shape index (κ3) is 6.25. The van der Waals surface area contributed by atoms with Crippen LogP contribution in [0.15, 0.2) is 24.3 Å². The standard InChI is InChI=1S/C12H16F3NO3S/c1-9(17)10-4-2-5-11(8-10)16-20(18,19)7-3-6-12(13,14)15/h2,4-5,8-9,16-17H,3,6-7H2,1H3. The van der Waals surface area contributed by atoms with E-state index in [0.29, 0.717) is 5.56 Å². The SMILES string of the molecule is CC(O)c1cccc(NS(=O)(=O)CCCC(F)(F)F)c1. The highest BCUT2D eigenvalue weighted by molar-refractivity contribution is 7.92. The molecule has 0 aliphatic heterocycles. The van der Waals surface area contributed by atoms with Crippen LogP contribution in [0.3, 0.4) is 0 Å². The van der Waals surface area contributed by atoms with Crippen molar-refractivity contribution in [3.8, 4) is 0 Å². The van der Waals surface area contributed by atoms with Gasteiger partial charge in [-0.3, -0.25) is 4.72 Å². The summed E-state index contributed by atoms with van der Waals surface area (Å²) in [5.74, 6) is -0.606. The predicted octanol–water partition coefficient (Wildman–Crippen LogP) is 2.82. The van der Waals surface area contributed by atoms with Gasteiger partial charge in [0.2, 0.25) is 10.0 Å². The minimum atomic E-state index is -4.36. The second-order valence-corrected chi connectivity index (χ2v) is 6.28. The molecule has 0 aliphatic carbocycles. The van der Waals surface area contributed by atoms with E-state index in [2.05, 4.69) is 4.72 Å². The number of anilines is 1. The van der Waals surface area contributed by atoms with E-state index in [1.165, 1.54) is 19.1 Å². The minimum Gasteiger partial charge on any atom is -0.389 e. The van der Waals surface area contributed by atoms with E-state index in [4.69, 9.17) is 0 Å². The van der Waals surface area contributed by atoms with E-state index in [0.717, 1.165) is 0 Å². The van der Waals surface area contributed by atoms with Crippen LogP contribution in [-0.4, -0.2) is 25.5 Å². The third-order valence-corrected chi connectivity index (χ3v) is 3.89. The van der Waals surface area contributed by atoms with Gasteiger partial charge in [-0.2, -0.15) is 13.2 Å². The molecule has 0 radical (unpaired) electrons. The number of aliphatic hydroxyl groups excluding tert-OH is 1. The first-order valence-electron chi connectivity index (χ1n) is 5.94. The maximum Gasteiger partial charge on any atom is 0.389 e. The second-order valence-electron chi connectivity index (χ2n) is 4.44. The highest BCUT2D eigenvalue weighted by Crippen LogP contribution is 2.22. The van der Waals surface area contributed by atoms with Gasteiger partial charge in [-0.25, -0.2) is 8.42 Å². The Kier molecular flexibility index (Phi) is 5.41. The zero-order chi connectivity index (χ0) is 15.4. The maximum absolute atomic E-state index is 12.0. The molecule has 0 bridgehead atoms. The van der Waals surface area contributed by atoms with Gasteiger partial charge in [-0.15, -0.1) is 0 Å². The summed E-state index contributed by atoms with van der Waals surface area (Å²) in [6.45, 7) is 1.52. The molecule has 114 valence electrons. The molecule has 1 atom stereocenters. The van der Waals surface area contributed by atoms with Crippen LogP contribution in [0.25, 0.3) is 0 Å². The zero-order valence-electron chi connectivity index (χ0n) is 10.8. The fourth-order valence-electron chi connectivity index (χ4n) is 1.56. The monoisotopic (exact) mass is 311 g/mol. The Morgan fingerprint density at radius 1 is 1.35 bits per heavy atom. The van der Waals surface area contributed by atoms with Gasteiger partial charge in [0.15, 0.2) is 0 Å². The minimum absolute atomic E-state index is 0.218. The first-order chi connectivity index (χ1) is 9.09. The molecular weight excluding hydrogens is 295 g/mol. The van der Waals surface area contributed by atoms with E-state index < -0.39 is 40.9 Å². The summed E-state index contributed by atoms with van der Waals surface area (Å²) in [4.78, 5) is 0. The number of nitrogens with one attached hydrogen (secondary N) is 1. The third-order valence-electron chi connectivity index (χ3n) is 2.52. The number of hydrogen-bond donors (Lipinski definition) is 2. The fraction of sp³-hybridized carbons (Fsp3) is 0.500. The van der Waals surface area contributed by atoms with Crippen LogP contribution in [0.2, 0.25) is 0 Å². The number of alkyl halides is 3. The van der Waals surface area contributed by atoms with E-state index in [9.17, 15) is 26.7 Å². The zero-order valence-corrected chi connectivity index (χ0v) is 11.6. The first kappa shape index (κ1) is 16.8. The fourth-order valence-corrected chi connectivity index (χ4v) is 2.67. The molecule has 0 saturated carbocycles. The Morgan fingerprint density at radius 3 is 2.55 bits per heavy atom. The lowest BCUT2D eigenvalue weighted by molar-refractivity contribution is -0.134. The molecule has 1 aromatic carbocycles. The summed E-state index contributed by atoms with van der Waals surface area (Å²) in [7, 11) is -3.83. The number of sulfonamides is 1. The van der Waals surface area contributed by atoms with Crippen molar-refractivity contribution in [1.29, 1.82) is 0 Å². The molecular formula is C12H16F3NO3S. The molecule has 1 rings (SSSR count). The van der Waals surface area contributed by atoms with Crippen LogP contribution in [0, 0.1) is 0 Å². The largest absolute Gasteiger partial charge is 0.389 e. The van der Waals surface area contributed by atoms with Crippen molar-refractivity contribution in [2.75, 3.05) is 10.5 Å². The molecule has 0 spiro atoms. The Labute approximate surface area is 115 Å². The van der Waals surface area contributed by atoms with Crippen LogP contribution in [-0.2, 0) is 10.0 Å². The van der Waals surface area contributed by atoms with Crippen molar-refractivity contribution in [3.05, 3.63) is 29.8 Å². The Morgan fingerprint density at radius 2 is 2.00 bits per heavy atom. The Balaban J connectivity index is 2.64. The van der Waals surface area contributed by atoms with Gasteiger partial charge in [-0.05, 0) is 31.0 Å². The van der Waals surface area contributed by atoms with E-state index in [-0.39, 0.29) is 5.69 Å². The number of rotatable bonds is 6. The topological polar surface area (TPSA) is 66.4 Å². The van der Waals surface area contributed by atoms with E-state index in [1.807, 2.05) is 0 Å². The molecule has 0 amide bonds. The lowest BCUT2D eigenvalue weighted by Crippen LogP contribution is -2.19. The van der Waals surface area contributed by atoms with Crippen LogP contribution in [0.4, 0.5) is 18.9 Å². The number of benzene rings is 1.